The average Bonchev–Trinajstić information content (AvgIpc) is 2.99. The number of aromatic nitrogens is 2. The molecule has 1 aromatic heterocycles. The molecule has 0 fully saturated rings. The Kier molecular flexibility index (Phi) is 4.80. The molecule has 2 aromatic rings. The van der Waals surface area contributed by atoms with Crippen molar-refractivity contribution in [3.8, 4) is 0 Å². The normalized spacial score (nSPS) is 18.6. The number of hydrogen-bond donors (Lipinski definition) is 2. The van der Waals surface area contributed by atoms with Crippen LogP contribution in [-0.4, -0.2) is 22.0 Å². The van der Waals surface area contributed by atoms with Crippen molar-refractivity contribution in [3.05, 3.63) is 53.6 Å². The largest absolute Gasteiger partial charge is 0.434 e. The molecule has 25 heavy (non-hydrogen) atoms. The Balaban J connectivity index is 1.64. The highest BCUT2D eigenvalue weighted by Crippen LogP contribution is 2.30. The van der Waals surface area contributed by atoms with E-state index in [0.29, 0.717) is 31.8 Å². The molecule has 0 spiro atoms. The second-order valence-electron chi connectivity index (χ2n) is 6.25. The van der Waals surface area contributed by atoms with Crippen LogP contribution >= 0.6 is 0 Å². The van der Waals surface area contributed by atoms with Crippen LogP contribution in [0.2, 0.25) is 0 Å². The number of carbonyl (C=O) groups is 1. The molecule has 1 amide bonds. The van der Waals surface area contributed by atoms with Gasteiger partial charge in [-0.05, 0) is 17.9 Å². The molecule has 134 valence electrons. The molecule has 0 saturated carbocycles. The molecule has 1 aromatic carbocycles. The Hall–Kier alpha value is -2.35. The maximum Gasteiger partial charge on any atom is 0.434 e. The Bertz CT molecular complexity index is 742. The van der Waals surface area contributed by atoms with E-state index in [1.54, 1.807) is 4.57 Å². The van der Waals surface area contributed by atoms with Crippen LogP contribution in [0.1, 0.15) is 29.5 Å². The molecule has 1 aliphatic rings. The topological polar surface area (TPSA) is 72.9 Å². The second-order valence-corrected chi connectivity index (χ2v) is 6.25. The summed E-state index contributed by atoms with van der Waals surface area (Å²) < 4.78 is 39.8. The summed E-state index contributed by atoms with van der Waals surface area (Å²) >= 11 is 0. The number of primary amides is 1. The predicted octanol–water partition coefficient (Wildman–Crippen LogP) is 2.28. The van der Waals surface area contributed by atoms with Crippen LogP contribution in [0.5, 0.6) is 0 Å². The summed E-state index contributed by atoms with van der Waals surface area (Å²) in [5.41, 5.74) is 5.39. The summed E-state index contributed by atoms with van der Waals surface area (Å²) in [5.74, 6) is 0.0797. The number of halogens is 3. The van der Waals surface area contributed by atoms with E-state index in [2.05, 4.69) is 10.3 Å². The van der Waals surface area contributed by atoms with Gasteiger partial charge < -0.3 is 15.6 Å². The molecule has 3 N–H and O–H groups in total. The minimum Gasteiger partial charge on any atom is -0.368 e. The van der Waals surface area contributed by atoms with Crippen molar-refractivity contribution in [2.24, 2.45) is 11.7 Å². The lowest BCUT2D eigenvalue weighted by Gasteiger charge is -2.26. The van der Waals surface area contributed by atoms with Crippen LogP contribution in [0.4, 0.5) is 13.2 Å². The number of amides is 1. The summed E-state index contributed by atoms with van der Waals surface area (Å²) in [6.45, 7) is 0.924. The van der Waals surface area contributed by atoms with E-state index in [4.69, 9.17) is 5.73 Å². The third-order valence-electron chi connectivity index (χ3n) is 4.41. The number of imidazole rings is 1. The summed E-state index contributed by atoms with van der Waals surface area (Å²) in [5, 5.41) is 3.14. The number of alkyl halides is 3. The number of rotatable bonds is 5. The fraction of sp³-hybridized carbons (Fsp3) is 0.412. The van der Waals surface area contributed by atoms with Crippen molar-refractivity contribution in [3.63, 3.8) is 0 Å². The van der Waals surface area contributed by atoms with Gasteiger partial charge in [0.15, 0.2) is 5.69 Å². The first kappa shape index (κ1) is 17.5. The molecule has 3 rings (SSSR count). The highest BCUT2D eigenvalue weighted by atomic mass is 19.4. The van der Waals surface area contributed by atoms with Crippen molar-refractivity contribution in [2.75, 3.05) is 6.54 Å². The van der Waals surface area contributed by atoms with Gasteiger partial charge in [0.1, 0.15) is 11.9 Å². The summed E-state index contributed by atoms with van der Waals surface area (Å²) in [7, 11) is 0. The van der Waals surface area contributed by atoms with Gasteiger partial charge in [-0.3, -0.25) is 4.79 Å². The first-order chi connectivity index (χ1) is 11.8. The van der Waals surface area contributed by atoms with Gasteiger partial charge in [-0.25, -0.2) is 4.98 Å². The lowest BCUT2D eigenvalue weighted by molar-refractivity contribution is -0.141. The Labute approximate surface area is 143 Å². The van der Waals surface area contributed by atoms with Crippen LogP contribution in [0.15, 0.2) is 36.5 Å². The fourth-order valence-electron chi connectivity index (χ4n) is 3.13. The molecule has 0 bridgehead atoms. The van der Waals surface area contributed by atoms with Crippen LogP contribution < -0.4 is 11.1 Å². The summed E-state index contributed by atoms with van der Waals surface area (Å²) in [6, 6.07) is 8.51. The quantitative estimate of drug-likeness (QED) is 0.867. The molecule has 1 aliphatic heterocycles. The molecule has 2 unspecified atom stereocenters. The monoisotopic (exact) mass is 352 g/mol. The zero-order chi connectivity index (χ0) is 18.0. The minimum atomic E-state index is -4.43. The molecule has 0 saturated heterocycles. The maximum atomic E-state index is 12.8. The van der Waals surface area contributed by atoms with Gasteiger partial charge in [0.2, 0.25) is 5.91 Å². The molecule has 0 aliphatic carbocycles. The molecule has 5 nitrogen and oxygen atoms in total. The number of carbonyl (C=O) groups excluding carboxylic acids is 1. The van der Waals surface area contributed by atoms with Crippen molar-refractivity contribution < 1.29 is 18.0 Å². The molecule has 2 atom stereocenters. The summed E-state index contributed by atoms with van der Waals surface area (Å²) in [6.07, 6.45) is -2.18. The lowest BCUT2D eigenvalue weighted by atomic mass is 9.98. The Morgan fingerprint density at radius 2 is 2.08 bits per heavy atom. The molecular weight excluding hydrogens is 333 g/mol. The number of fused-ring (bicyclic) bond motifs is 1. The Morgan fingerprint density at radius 3 is 2.72 bits per heavy atom. The molecule has 2 heterocycles. The number of nitrogens with one attached hydrogen (secondary N) is 1. The number of nitrogens with two attached hydrogens (primary N) is 1. The highest BCUT2D eigenvalue weighted by molar-refractivity contribution is 5.81. The van der Waals surface area contributed by atoms with Gasteiger partial charge in [0.25, 0.3) is 0 Å². The average molecular weight is 352 g/mol. The summed E-state index contributed by atoms with van der Waals surface area (Å²) in [4.78, 5) is 15.4. The van der Waals surface area contributed by atoms with E-state index in [0.717, 1.165) is 11.8 Å². The van der Waals surface area contributed by atoms with Crippen LogP contribution in [0, 0.1) is 5.92 Å². The van der Waals surface area contributed by atoms with E-state index in [1.807, 2.05) is 30.3 Å². The number of benzene rings is 1. The van der Waals surface area contributed by atoms with Crippen LogP contribution in [0.25, 0.3) is 0 Å². The van der Waals surface area contributed by atoms with Crippen molar-refractivity contribution >= 4 is 5.91 Å². The van der Waals surface area contributed by atoms with Gasteiger partial charge in [0, 0.05) is 25.7 Å². The predicted molar refractivity (Wildman–Crippen MR) is 85.4 cm³/mol. The van der Waals surface area contributed by atoms with E-state index in [-0.39, 0.29) is 5.92 Å². The van der Waals surface area contributed by atoms with Crippen molar-refractivity contribution in [1.82, 2.24) is 14.9 Å². The zero-order valence-electron chi connectivity index (χ0n) is 13.5. The van der Waals surface area contributed by atoms with Gasteiger partial charge in [-0.15, -0.1) is 0 Å². The standard InChI is InChI=1S/C17H19F3N4O/c18-17(19,20)13-10-24-9-11(6-7-14(24)23-13)8-22-15(16(21)25)12-4-2-1-3-5-12/h1-5,10-11,15,22H,6-9H2,(H2,21,25). The lowest BCUT2D eigenvalue weighted by Crippen LogP contribution is -2.38. The van der Waals surface area contributed by atoms with Crippen LogP contribution in [0.3, 0.4) is 0 Å². The Morgan fingerprint density at radius 1 is 1.36 bits per heavy atom. The van der Waals surface area contributed by atoms with E-state index < -0.39 is 23.8 Å². The fourth-order valence-corrected chi connectivity index (χ4v) is 3.13. The maximum absolute atomic E-state index is 12.8. The number of aryl methyl sites for hydroxylation is 1. The van der Waals surface area contributed by atoms with Crippen molar-refractivity contribution in [2.45, 2.75) is 31.6 Å². The SMILES string of the molecule is NC(=O)C(NCC1CCc2nc(C(F)(F)F)cn2C1)c1ccccc1. The van der Waals surface area contributed by atoms with Gasteiger partial charge in [0.05, 0.1) is 0 Å². The van der Waals surface area contributed by atoms with Gasteiger partial charge in [-0.2, -0.15) is 13.2 Å². The smallest absolute Gasteiger partial charge is 0.368 e. The first-order valence-electron chi connectivity index (χ1n) is 8.05. The van der Waals surface area contributed by atoms with E-state index in [9.17, 15) is 18.0 Å². The molecule has 0 radical (unpaired) electrons. The minimum absolute atomic E-state index is 0.105. The third-order valence-corrected chi connectivity index (χ3v) is 4.41. The van der Waals surface area contributed by atoms with E-state index in [1.165, 1.54) is 0 Å². The third kappa shape index (κ3) is 4.01. The van der Waals surface area contributed by atoms with Gasteiger partial charge in [-0.1, -0.05) is 30.3 Å². The van der Waals surface area contributed by atoms with Gasteiger partial charge >= 0.3 is 6.18 Å². The molecular formula is C17H19F3N4O. The number of nitrogens with zero attached hydrogens (tertiary/aromatic N) is 2. The molecule has 8 heteroatoms. The highest BCUT2D eigenvalue weighted by Gasteiger charge is 2.35. The van der Waals surface area contributed by atoms with E-state index >= 15 is 0 Å². The second kappa shape index (κ2) is 6.87. The van der Waals surface area contributed by atoms with Crippen LogP contribution in [-0.2, 0) is 23.9 Å². The first-order valence-corrected chi connectivity index (χ1v) is 8.05. The zero-order valence-corrected chi connectivity index (χ0v) is 13.5. The van der Waals surface area contributed by atoms with Crippen molar-refractivity contribution in [1.29, 1.82) is 0 Å². The number of hydrogen-bond acceptors (Lipinski definition) is 3.